The zero-order valence-corrected chi connectivity index (χ0v) is 13.5. The van der Waals surface area contributed by atoms with Crippen molar-refractivity contribution in [2.24, 2.45) is 5.41 Å². The van der Waals surface area contributed by atoms with Crippen molar-refractivity contribution in [3.05, 3.63) is 35.9 Å². The third kappa shape index (κ3) is 2.17. The molecule has 0 bridgehead atoms. The number of aliphatic hydroxyl groups is 1. The first-order chi connectivity index (χ1) is 10.3. The molecule has 0 aromatic heterocycles. The minimum Gasteiger partial charge on any atom is -0.433 e. The third-order valence-corrected chi connectivity index (χ3v) is 4.76. The maximum Gasteiger partial charge on any atom is 0.348 e. The van der Waals surface area contributed by atoms with Gasteiger partial charge in [-0.25, -0.2) is 4.79 Å². The summed E-state index contributed by atoms with van der Waals surface area (Å²) in [5.41, 5.74) is -2.29. The van der Waals surface area contributed by atoms with E-state index in [0.29, 0.717) is 18.4 Å². The van der Waals surface area contributed by atoms with E-state index in [0.717, 1.165) is 12.8 Å². The second-order valence-electron chi connectivity index (χ2n) is 7.51. The van der Waals surface area contributed by atoms with Crippen molar-refractivity contribution < 1.29 is 19.4 Å². The highest BCUT2D eigenvalue weighted by Gasteiger charge is 2.66. The molecule has 0 unspecified atom stereocenters. The molecule has 1 saturated carbocycles. The van der Waals surface area contributed by atoms with E-state index < -0.39 is 23.5 Å². The first-order valence-corrected chi connectivity index (χ1v) is 7.96. The minimum atomic E-state index is -1.41. The summed E-state index contributed by atoms with van der Waals surface area (Å²) in [4.78, 5) is 12.8. The molecule has 1 aliphatic heterocycles. The van der Waals surface area contributed by atoms with E-state index >= 15 is 0 Å². The molecule has 1 aromatic carbocycles. The number of hydrogen-bond donors (Lipinski definition) is 1. The predicted octanol–water partition coefficient (Wildman–Crippen LogP) is 3.13. The Kier molecular flexibility index (Phi) is 3.57. The zero-order valence-electron chi connectivity index (χ0n) is 13.5. The van der Waals surface area contributed by atoms with Crippen LogP contribution in [0.3, 0.4) is 0 Å². The summed E-state index contributed by atoms with van der Waals surface area (Å²) >= 11 is 0. The third-order valence-electron chi connectivity index (χ3n) is 4.76. The van der Waals surface area contributed by atoms with Crippen LogP contribution in [-0.2, 0) is 19.9 Å². The lowest BCUT2D eigenvalue weighted by Crippen LogP contribution is -2.54. The van der Waals surface area contributed by atoms with Gasteiger partial charge in [-0.05, 0) is 18.4 Å². The molecule has 3 rings (SSSR count). The average molecular weight is 304 g/mol. The molecule has 22 heavy (non-hydrogen) atoms. The first kappa shape index (κ1) is 15.5. The quantitative estimate of drug-likeness (QED) is 0.853. The molecule has 0 radical (unpaired) electrons. The molecule has 0 spiro atoms. The predicted molar refractivity (Wildman–Crippen MR) is 82.0 cm³/mol. The number of hydrogen-bond acceptors (Lipinski definition) is 4. The van der Waals surface area contributed by atoms with Crippen molar-refractivity contribution in [1.82, 2.24) is 0 Å². The highest BCUT2D eigenvalue weighted by atomic mass is 16.8. The van der Waals surface area contributed by atoms with E-state index in [-0.39, 0.29) is 5.41 Å². The maximum absolute atomic E-state index is 12.8. The Morgan fingerprint density at radius 1 is 1.14 bits per heavy atom. The Balaban J connectivity index is 2.11. The van der Waals surface area contributed by atoms with Gasteiger partial charge >= 0.3 is 5.97 Å². The average Bonchev–Trinajstić information content (AvgIpc) is 3.05. The molecule has 4 heteroatoms. The topological polar surface area (TPSA) is 55.8 Å². The normalized spacial score (nSPS) is 31.3. The first-order valence-electron chi connectivity index (χ1n) is 7.96. The smallest absolute Gasteiger partial charge is 0.348 e. The Morgan fingerprint density at radius 2 is 1.73 bits per heavy atom. The lowest BCUT2D eigenvalue weighted by Gasteiger charge is -2.39. The van der Waals surface area contributed by atoms with E-state index in [1.54, 1.807) is 0 Å². The van der Waals surface area contributed by atoms with Crippen LogP contribution in [0.2, 0.25) is 0 Å². The monoisotopic (exact) mass is 304 g/mol. The molecule has 4 nitrogen and oxygen atoms in total. The van der Waals surface area contributed by atoms with Gasteiger partial charge in [0, 0.05) is 5.41 Å². The summed E-state index contributed by atoms with van der Waals surface area (Å²) < 4.78 is 11.7. The molecule has 2 atom stereocenters. The highest BCUT2D eigenvalue weighted by Crippen LogP contribution is 2.52. The number of ether oxygens (including phenoxy) is 2. The van der Waals surface area contributed by atoms with Gasteiger partial charge in [0.05, 0.1) is 0 Å². The van der Waals surface area contributed by atoms with Crippen LogP contribution in [0.4, 0.5) is 0 Å². The van der Waals surface area contributed by atoms with Crippen molar-refractivity contribution in [3.8, 4) is 0 Å². The summed E-state index contributed by atoms with van der Waals surface area (Å²) in [6.07, 6.45) is 2.22. The molecule has 2 fully saturated rings. The van der Waals surface area contributed by atoms with Crippen LogP contribution in [0.1, 0.15) is 52.0 Å². The number of esters is 1. The largest absolute Gasteiger partial charge is 0.433 e. The van der Waals surface area contributed by atoms with Gasteiger partial charge in [0.15, 0.2) is 0 Å². The summed E-state index contributed by atoms with van der Waals surface area (Å²) in [5.74, 6) is -0.469. The van der Waals surface area contributed by atoms with Gasteiger partial charge in [-0.2, -0.15) is 0 Å². The SMILES string of the molecule is CC(C)(C)[C@@H]1OC(=O)[C@@](c2ccccc2)(C2(O)CCCC2)O1. The Morgan fingerprint density at radius 3 is 2.23 bits per heavy atom. The molecule has 120 valence electrons. The van der Waals surface area contributed by atoms with Crippen LogP contribution >= 0.6 is 0 Å². The minimum absolute atomic E-state index is 0.346. The molecule has 1 aliphatic carbocycles. The van der Waals surface area contributed by atoms with Crippen LogP contribution in [-0.4, -0.2) is 23.0 Å². The molecule has 1 N–H and O–H groups in total. The lowest BCUT2D eigenvalue weighted by atomic mass is 9.76. The van der Waals surface area contributed by atoms with Gasteiger partial charge in [0.1, 0.15) is 5.60 Å². The van der Waals surface area contributed by atoms with Gasteiger partial charge in [0.2, 0.25) is 11.9 Å². The number of benzene rings is 1. The fourth-order valence-corrected chi connectivity index (χ4v) is 3.51. The number of cyclic esters (lactones) is 1. The molecule has 1 saturated heterocycles. The van der Waals surface area contributed by atoms with Crippen LogP contribution < -0.4 is 0 Å². The number of carbonyl (C=O) groups excluding carboxylic acids is 1. The fourth-order valence-electron chi connectivity index (χ4n) is 3.51. The van der Waals surface area contributed by atoms with E-state index in [1.807, 2.05) is 51.1 Å². The van der Waals surface area contributed by atoms with Gasteiger partial charge in [-0.1, -0.05) is 63.9 Å². The summed E-state index contributed by atoms with van der Waals surface area (Å²) in [7, 11) is 0. The van der Waals surface area contributed by atoms with Crippen molar-refractivity contribution >= 4 is 5.97 Å². The Bertz CT molecular complexity index is 554. The summed E-state index contributed by atoms with van der Waals surface area (Å²) in [6.45, 7) is 5.89. The van der Waals surface area contributed by atoms with Crippen LogP contribution in [0, 0.1) is 5.41 Å². The van der Waals surface area contributed by atoms with Gasteiger partial charge in [-0.15, -0.1) is 0 Å². The lowest BCUT2D eigenvalue weighted by molar-refractivity contribution is -0.207. The van der Waals surface area contributed by atoms with Crippen molar-refractivity contribution in [2.45, 2.75) is 63.9 Å². The number of carbonyl (C=O) groups is 1. The van der Waals surface area contributed by atoms with Crippen LogP contribution in [0.25, 0.3) is 0 Å². The van der Waals surface area contributed by atoms with E-state index in [9.17, 15) is 9.90 Å². The Hall–Kier alpha value is -1.39. The second-order valence-corrected chi connectivity index (χ2v) is 7.51. The number of rotatable bonds is 2. The standard InChI is InChI=1S/C18H24O4/c1-16(2,3)15-21-14(19)18(22-15,13-9-5-4-6-10-13)17(20)11-7-8-12-17/h4-6,9-10,15,20H,7-8,11-12H2,1-3H3/t15-,18+/m1/s1. The molecular formula is C18H24O4. The van der Waals surface area contributed by atoms with Gasteiger partial charge < -0.3 is 14.6 Å². The highest BCUT2D eigenvalue weighted by molar-refractivity contribution is 5.85. The van der Waals surface area contributed by atoms with Gasteiger partial charge in [-0.3, -0.25) is 0 Å². The molecule has 1 heterocycles. The second kappa shape index (κ2) is 5.07. The van der Waals surface area contributed by atoms with Crippen molar-refractivity contribution in [2.75, 3.05) is 0 Å². The zero-order chi connectivity index (χ0) is 16.0. The van der Waals surface area contributed by atoms with Gasteiger partial charge in [0.25, 0.3) is 0 Å². The van der Waals surface area contributed by atoms with Crippen molar-refractivity contribution in [1.29, 1.82) is 0 Å². The summed E-state index contributed by atoms with van der Waals surface area (Å²) in [6, 6.07) is 9.27. The van der Waals surface area contributed by atoms with E-state index in [1.165, 1.54) is 0 Å². The molecule has 2 aliphatic rings. The molecule has 0 amide bonds. The van der Waals surface area contributed by atoms with Crippen LogP contribution in [0.5, 0.6) is 0 Å². The Labute approximate surface area is 131 Å². The van der Waals surface area contributed by atoms with E-state index in [4.69, 9.17) is 9.47 Å². The molecular weight excluding hydrogens is 280 g/mol. The molecule has 1 aromatic rings. The van der Waals surface area contributed by atoms with Crippen LogP contribution in [0.15, 0.2) is 30.3 Å². The maximum atomic E-state index is 12.8. The fraction of sp³-hybridized carbons (Fsp3) is 0.611. The van der Waals surface area contributed by atoms with Crippen molar-refractivity contribution in [3.63, 3.8) is 0 Å². The van der Waals surface area contributed by atoms with E-state index in [2.05, 4.69) is 0 Å². The summed E-state index contributed by atoms with van der Waals surface area (Å²) in [5, 5.41) is 11.2.